The zero-order valence-electron chi connectivity index (χ0n) is 9.41. The standard InChI is InChI=1S/C13H13ClFNO/c1-8-2-5-13(17-8)12(16)6-9-3-4-10(14)7-11(9)15/h2-5,7,12H,6,16H2,1H3. The quantitative estimate of drug-likeness (QED) is 0.907. The average molecular weight is 254 g/mol. The lowest BCUT2D eigenvalue weighted by molar-refractivity contribution is 0.442. The molecule has 2 nitrogen and oxygen atoms in total. The summed E-state index contributed by atoms with van der Waals surface area (Å²) in [5.41, 5.74) is 6.49. The van der Waals surface area contributed by atoms with Gasteiger partial charge in [0.05, 0.1) is 6.04 Å². The normalized spacial score (nSPS) is 12.7. The predicted octanol–water partition coefficient (Wildman–Crippen LogP) is 3.62. The molecule has 1 aromatic heterocycles. The maximum atomic E-state index is 13.6. The minimum Gasteiger partial charge on any atom is -0.465 e. The molecular formula is C13H13ClFNO. The van der Waals surface area contributed by atoms with Crippen LogP contribution in [0, 0.1) is 12.7 Å². The van der Waals surface area contributed by atoms with Crippen LogP contribution in [0.1, 0.15) is 23.1 Å². The molecule has 1 heterocycles. The number of furan rings is 1. The Morgan fingerprint density at radius 2 is 2.12 bits per heavy atom. The van der Waals surface area contributed by atoms with Crippen molar-refractivity contribution in [1.29, 1.82) is 0 Å². The highest BCUT2D eigenvalue weighted by Crippen LogP contribution is 2.21. The van der Waals surface area contributed by atoms with E-state index in [0.29, 0.717) is 22.8 Å². The van der Waals surface area contributed by atoms with Gasteiger partial charge in [-0.3, -0.25) is 0 Å². The molecule has 2 aromatic rings. The minimum absolute atomic E-state index is 0.337. The molecule has 0 fully saturated rings. The summed E-state index contributed by atoms with van der Waals surface area (Å²) in [7, 11) is 0. The highest BCUT2D eigenvalue weighted by molar-refractivity contribution is 6.30. The Labute approximate surface area is 104 Å². The molecule has 90 valence electrons. The Hall–Kier alpha value is -1.32. The van der Waals surface area contributed by atoms with Crippen molar-refractivity contribution in [3.8, 4) is 0 Å². The minimum atomic E-state index is -0.348. The van der Waals surface area contributed by atoms with Gasteiger partial charge in [-0.1, -0.05) is 17.7 Å². The molecule has 1 unspecified atom stereocenters. The molecule has 0 spiro atoms. The number of rotatable bonds is 3. The number of nitrogens with two attached hydrogens (primary N) is 1. The maximum Gasteiger partial charge on any atom is 0.127 e. The smallest absolute Gasteiger partial charge is 0.127 e. The second-order valence-electron chi connectivity index (χ2n) is 3.99. The van der Waals surface area contributed by atoms with Crippen molar-refractivity contribution >= 4 is 11.6 Å². The van der Waals surface area contributed by atoms with Crippen LogP contribution in [0.15, 0.2) is 34.7 Å². The Kier molecular flexibility index (Phi) is 3.50. The van der Waals surface area contributed by atoms with Crippen LogP contribution in [0.3, 0.4) is 0 Å². The SMILES string of the molecule is Cc1ccc(C(N)Cc2ccc(Cl)cc2F)o1. The van der Waals surface area contributed by atoms with Crippen molar-refractivity contribution in [1.82, 2.24) is 0 Å². The number of benzene rings is 1. The van der Waals surface area contributed by atoms with Crippen molar-refractivity contribution in [3.05, 3.63) is 58.3 Å². The maximum absolute atomic E-state index is 13.6. The van der Waals surface area contributed by atoms with Crippen molar-refractivity contribution < 1.29 is 8.81 Å². The van der Waals surface area contributed by atoms with E-state index in [2.05, 4.69) is 0 Å². The molecule has 17 heavy (non-hydrogen) atoms. The Bertz CT molecular complexity index is 524. The lowest BCUT2D eigenvalue weighted by Gasteiger charge is -2.09. The summed E-state index contributed by atoms with van der Waals surface area (Å²) in [4.78, 5) is 0. The predicted molar refractivity (Wildman–Crippen MR) is 65.5 cm³/mol. The molecule has 0 aliphatic rings. The Balaban J connectivity index is 2.15. The lowest BCUT2D eigenvalue weighted by atomic mass is 10.0. The topological polar surface area (TPSA) is 39.2 Å². The third-order valence-electron chi connectivity index (χ3n) is 2.58. The summed E-state index contributed by atoms with van der Waals surface area (Å²) in [6.45, 7) is 1.85. The summed E-state index contributed by atoms with van der Waals surface area (Å²) >= 11 is 5.68. The number of aryl methyl sites for hydroxylation is 1. The van der Waals surface area contributed by atoms with E-state index in [9.17, 15) is 4.39 Å². The summed E-state index contributed by atoms with van der Waals surface area (Å²) in [6, 6.07) is 7.89. The number of hydrogen-bond acceptors (Lipinski definition) is 2. The zero-order chi connectivity index (χ0) is 12.4. The van der Waals surface area contributed by atoms with E-state index in [1.165, 1.54) is 6.07 Å². The molecule has 0 aliphatic heterocycles. The fraction of sp³-hybridized carbons (Fsp3) is 0.231. The third kappa shape index (κ3) is 2.87. The van der Waals surface area contributed by atoms with Crippen molar-refractivity contribution in [2.75, 3.05) is 0 Å². The first-order valence-corrected chi connectivity index (χ1v) is 5.70. The molecule has 0 radical (unpaired) electrons. The lowest BCUT2D eigenvalue weighted by Crippen LogP contribution is -2.13. The average Bonchev–Trinajstić information content (AvgIpc) is 2.69. The van der Waals surface area contributed by atoms with Crippen LogP contribution < -0.4 is 5.73 Å². The van der Waals surface area contributed by atoms with Crippen LogP contribution in [-0.2, 0) is 6.42 Å². The summed E-state index contributed by atoms with van der Waals surface area (Å²) in [6.07, 6.45) is 0.385. The van der Waals surface area contributed by atoms with Crippen LogP contribution in [0.5, 0.6) is 0 Å². The van der Waals surface area contributed by atoms with E-state index in [1.54, 1.807) is 12.1 Å². The first-order chi connectivity index (χ1) is 8.06. The molecule has 2 N–H and O–H groups in total. The van der Waals surface area contributed by atoms with E-state index in [4.69, 9.17) is 21.8 Å². The second-order valence-corrected chi connectivity index (χ2v) is 4.43. The van der Waals surface area contributed by atoms with Crippen LogP contribution >= 0.6 is 11.6 Å². The van der Waals surface area contributed by atoms with E-state index >= 15 is 0 Å². The molecule has 0 bridgehead atoms. The zero-order valence-corrected chi connectivity index (χ0v) is 10.2. The molecule has 0 amide bonds. The highest BCUT2D eigenvalue weighted by atomic mass is 35.5. The summed E-state index contributed by atoms with van der Waals surface area (Å²) in [5.74, 6) is 1.13. The van der Waals surface area contributed by atoms with Gasteiger partial charge >= 0.3 is 0 Å². The van der Waals surface area contributed by atoms with Gasteiger partial charge in [0.2, 0.25) is 0 Å². The molecular weight excluding hydrogens is 241 g/mol. The van der Waals surface area contributed by atoms with Crippen LogP contribution in [0.4, 0.5) is 4.39 Å². The summed E-state index contributed by atoms with van der Waals surface area (Å²) < 4.78 is 19.0. The summed E-state index contributed by atoms with van der Waals surface area (Å²) in [5, 5.41) is 0.383. The van der Waals surface area contributed by atoms with Gasteiger partial charge in [0.15, 0.2) is 0 Å². The monoisotopic (exact) mass is 253 g/mol. The van der Waals surface area contributed by atoms with Crippen LogP contribution in [0.2, 0.25) is 5.02 Å². The molecule has 1 atom stereocenters. The van der Waals surface area contributed by atoms with Gasteiger partial charge in [0.25, 0.3) is 0 Å². The van der Waals surface area contributed by atoms with E-state index < -0.39 is 0 Å². The third-order valence-corrected chi connectivity index (χ3v) is 2.82. The second kappa shape index (κ2) is 4.90. The van der Waals surface area contributed by atoms with Gasteiger partial charge in [-0.15, -0.1) is 0 Å². The molecule has 2 rings (SSSR count). The first kappa shape index (κ1) is 12.1. The number of halogens is 2. The van der Waals surface area contributed by atoms with Gasteiger partial charge in [0.1, 0.15) is 17.3 Å². The van der Waals surface area contributed by atoms with Crippen molar-refractivity contribution in [2.45, 2.75) is 19.4 Å². The molecule has 0 aliphatic carbocycles. The van der Waals surface area contributed by atoms with Gasteiger partial charge in [-0.05, 0) is 43.2 Å². The Morgan fingerprint density at radius 3 is 2.71 bits per heavy atom. The van der Waals surface area contributed by atoms with Crippen LogP contribution in [0.25, 0.3) is 0 Å². The first-order valence-electron chi connectivity index (χ1n) is 5.32. The molecule has 1 aromatic carbocycles. The fourth-order valence-electron chi connectivity index (χ4n) is 1.68. The van der Waals surface area contributed by atoms with Crippen molar-refractivity contribution in [3.63, 3.8) is 0 Å². The molecule has 4 heteroatoms. The van der Waals surface area contributed by atoms with Gasteiger partial charge in [0, 0.05) is 5.02 Å². The van der Waals surface area contributed by atoms with Gasteiger partial charge < -0.3 is 10.2 Å². The molecule has 0 saturated carbocycles. The molecule has 0 saturated heterocycles. The number of hydrogen-bond donors (Lipinski definition) is 1. The van der Waals surface area contributed by atoms with E-state index in [0.717, 1.165) is 5.76 Å². The highest BCUT2D eigenvalue weighted by Gasteiger charge is 2.13. The van der Waals surface area contributed by atoms with Crippen molar-refractivity contribution in [2.24, 2.45) is 5.73 Å². The van der Waals surface area contributed by atoms with Gasteiger partial charge in [-0.25, -0.2) is 4.39 Å². The largest absolute Gasteiger partial charge is 0.465 e. The van der Waals surface area contributed by atoms with E-state index in [-0.39, 0.29) is 11.9 Å². The fourth-order valence-corrected chi connectivity index (χ4v) is 1.84. The van der Waals surface area contributed by atoms with Crippen LogP contribution in [-0.4, -0.2) is 0 Å². The van der Waals surface area contributed by atoms with Gasteiger partial charge in [-0.2, -0.15) is 0 Å². The Morgan fingerprint density at radius 1 is 1.35 bits per heavy atom. The van der Waals surface area contributed by atoms with E-state index in [1.807, 2.05) is 19.1 Å².